The lowest BCUT2D eigenvalue weighted by Gasteiger charge is -2.20. The maximum absolute atomic E-state index is 5.53. The molecule has 0 atom stereocenters. The van der Waals surface area contributed by atoms with Gasteiger partial charge in [-0.1, -0.05) is 30.3 Å². The predicted molar refractivity (Wildman–Crippen MR) is 59.8 cm³/mol. The van der Waals surface area contributed by atoms with Gasteiger partial charge in [-0.15, -0.1) is 0 Å². The lowest BCUT2D eigenvalue weighted by molar-refractivity contribution is 0.281. The molecular weight excluding hydrogens is 174 g/mol. The molecule has 1 rings (SSSR count). The van der Waals surface area contributed by atoms with Gasteiger partial charge in [-0.05, 0) is 5.56 Å². The lowest BCUT2D eigenvalue weighted by Crippen LogP contribution is -2.33. The number of benzene rings is 1. The average molecular weight is 193 g/mol. The Balaban J connectivity index is 2.46. The van der Waals surface area contributed by atoms with Gasteiger partial charge >= 0.3 is 0 Å². The van der Waals surface area contributed by atoms with E-state index in [0.717, 1.165) is 19.6 Å². The van der Waals surface area contributed by atoms with Gasteiger partial charge in [0, 0.05) is 32.7 Å². The molecule has 0 aliphatic heterocycles. The fourth-order valence-electron chi connectivity index (χ4n) is 1.48. The van der Waals surface area contributed by atoms with Gasteiger partial charge in [-0.2, -0.15) is 0 Å². The van der Waals surface area contributed by atoms with Gasteiger partial charge in [-0.25, -0.2) is 0 Å². The van der Waals surface area contributed by atoms with Crippen LogP contribution in [0.5, 0.6) is 0 Å². The smallest absolute Gasteiger partial charge is 0.0234 e. The van der Waals surface area contributed by atoms with E-state index in [4.69, 9.17) is 11.5 Å². The third kappa shape index (κ3) is 3.87. The number of hydrogen-bond donors (Lipinski definition) is 2. The van der Waals surface area contributed by atoms with E-state index in [0.29, 0.717) is 13.1 Å². The van der Waals surface area contributed by atoms with Crippen molar-refractivity contribution in [1.29, 1.82) is 0 Å². The van der Waals surface area contributed by atoms with Crippen LogP contribution in [0.4, 0.5) is 0 Å². The SMILES string of the molecule is NCCN(CCN)Cc1ccccc1. The molecule has 14 heavy (non-hydrogen) atoms. The molecular formula is C11H19N3. The lowest BCUT2D eigenvalue weighted by atomic mass is 10.2. The maximum Gasteiger partial charge on any atom is 0.0234 e. The van der Waals surface area contributed by atoms with Gasteiger partial charge < -0.3 is 11.5 Å². The molecule has 0 amide bonds. The summed E-state index contributed by atoms with van der Waals surface area (Å²) in [5.41, 5.74) is 12.4. The average Bonchev–Trinajstić information content (AvgIpc) is 2.20. The van der Waals surface area contributed by atoms with Crippen LogP contribution < -0.4 is 11.5 Å². The summed E-state index contributed by atoms with van der Waals surface area (Å²) in [4.78, 5) is 2.27. The monoisotopic (exact) mass is 193 g/mol. The number of nitrogens with zero attached hydrogens (tertiary/aromatic N) is 1. The molecule has 0 spiro atoms. The summed E-state index contributed by atoms with van der Waals surface area (Å²) in [6, 6.07) is 10.4. The number of rotatable bonds is 6. The summed E-state index contributed by atoms with van der Waals surface area (Å²) in [5, 5.41) is 0. The molecule has 4 N–H and O–H groups in total. The normalized spacial score (nSPS) is 10.8. The first kappa shape index (κ1) is 11.2. The summed E-state index contributed by atoms with van der Waals surface area (Å²) in [7, 11) is 0. The molecule has 0 saturated heterocycles. The van der Waals surface area contributed by atoms with E-state index >= 15 is 0 Å². The van der Waals surface area contributed by atoms with Crippen molar-refractivity contribution >= 4 is 0 Å². The van der Waals surface area contributed by atoms with E-state index in [9.17, 15) is 0 Å². The Morgan fingerprint density at radius 1 is 0.929 bits per heavy atom. The molecule has 0 saturated carbocycles. The first-order valence-electron chi connectivity index (χ1n) is 5.03. The van der Waals surface area contributed by atoms with Gasteiger partial charge in [0.15, 0.2) is 0 Å². The van der Waals surface area contributed by atoms with Crippen molar-refractivity contribution < 1.29 is 0 Å². The molecule has 0 unspecified atom stereocenters. The summed E-state index contributed by atoms with van der Waals surface area (Å²) in [5.74, 6) is 0. The first-order valence-corrected chi connectivity index (χ1v) is 5.03. The van der Waals surface area contributed by atoms with Gasteiger partial charge in [0.1, 0.15) is 0 Å². The van der Waals surface area contributed by atoms with E-state index < -0.39 is 0 Å². The fourth-order valence-corrected chi connectivity index (χ4v) is 1.48. The molecule has 0 bridgehead atoms. The first-order chi connectivity index (χ1) is 6.86. The molecule has 0 radical (unpaired) electrons. The second-order valence-electron chi connectivity index (χ2n) is 3.34. The van der Waals surface area contributed by atoms with Crippen LogP contribution in [-0.2, 0) is 6.54 Å². The van der Waals surface area contributed by atoms with Gasteiger partial charge in [0.05, 0.1) is 0 Å². The fraction of sp³-hybridized carbons (Fsp3) is 0.455. The quantitative estimate of drug-likeness (QED) is 0.688. The third-order valence-electron chi connectivity index (χ3n) is 2.14. The zero-order chi connectivity index (χ0) is 10.2. The Kier molecular flexibility index (Phi) is 5.22. The highest BCUT2D eigenvalue weighted by atomic mass is 15.1. The molecule has 3 heteroatoms. The second kappa shape index (κ2) is 6.54. The van der Waals surface area contributed by atoms with Crippen molar-refractivity contribution in [2.24, 2.45) is 11.5 Å². The molecule has 78 valence electrons. The standard InChI is InChI=1S/C11H19N3/c12-6-8-14(9-7-13)10-11-4-2-1-3-5-11/h1-5H,6-10,12-13H2. The van der Waals surface area contributed by atoms with Crippen LogP contribution in [0.3, 0.4) is 0 Å². The van der Waals surface area contributed by atoms with E-state index in [1.807, 2.05) is 6.07 Å². The predicted octanol–water partition coefficient (Wildman–Crippen LogP) is 0.406. The van der Waals surface area contributed by atoms with Gasteiger partial charge in [-0.3, -0.25) is 4.90 Å². The largest absolute Gasteiger partial charge is 0.329 e. The number of nitrogens with two attached hydrogens (primary N) is 2. The summed E-state index contributed by atoms with van der Waals surface area (Å²) < 4.78 is 0. The topological polar surface area (TPSA) is 55.3 Å². The van der Waals surface area contributed by atoms with Crippen LogP contribution in [-0.4, -0.2) is 31.1 Å². The Hall–Kier alpha value is -0.900. The minimum atomic E-state index is 0.687. The van der Waals surface area contributed by atoms with E-state index in [2.05, 4.69) is 29.2 Å². The van der Waals surface area contributed by atoms with Gasteiger partial charge in [0.2, 0.25) is 0 Å². The molecule has 1 aromatic rings. The van der Waals surface area contributed by atoms with Crippen LogP contribution in [0, 0.1) is 0 Å². The van der Waals surface area contributed by atoms with Crippen molar-refractivity contribution in [1.82, 2.24) is 4.90 Å². The Morgan fingerprint density at radius 3 is 2.00 bits per heavy atom. The van der Waals surface area contributed by atoms with Crippen LogP contribution in [0.2, 0.25) is 0 Å². The maximum atomic E-state index is 5.53. The Labute approximate surface area is 85.7 Å². The summed E-state index contributed by atoms with van der Waals surface area (Å²) in [6.07, 6.45) is 0. The number of hydrogen-bond acceptors (Lipinski definition) is 3. The third-order valence-corrected chi connectivity index (χ3v) is 2.14. The minimum absolute atomic E-state index is 0.687. The Bertz CT molecular complexity index is 230. The van der Waals surface area contributed by atoms with Gasteiger partial charge in [0.25, 0.3) is 0 Å². The molecule has 0 aromatic heterocycles. The summed E-state index contributed by atoms with van der Waals surface area (Å²) >= 11 is 0. The highest BCUT2D eigenvalue weighted by Crippen LogP contribution is 2.02. The second-order valence-corrected chi connectivity index (χ2v) is 3.34. The zero-order valence-corrected chi connectivity index (χ0v) is 8.52. The molecule has 1 aromatic carbocycles. The van der Waals surface area contributed by atoms with Crippen LogP contribution >= 0.6 is 0 Å². The molecule has 3 nitrogen and oxygen atoms in total. The molecule has 0 fully saturated rings. The molecule has 0 aliphatic rings. The van der Waals surface area contributed by atoms with E-state index in [1.165, 1.54) is 5.56 Å². The van der Waals surface area contributed by atoms with Crippen molar-refractivity contribution in [2.45, 2.75) is 6.54 Å². The van der Waals surface area contributed by atoms with Crippen molar-refractivity contribution in [2.75, 3.05) is 26.2 Å². The highest BCUT2D eigenvalue weighted by Gasteiger charge is 2.02. The summed E-state index contributed by atoms with van der Waals surface area (Å²) in [6.45, 7) is 4.13. The van der Waals surface area contributed by atoms with Crippen LogP contribution in [0.25, 0.3) is 0 Å². The van der Waals surface area contributed by atoms with Crippen molar-refractivity contribution in [3.05, 3.63) is 35.9 Å². The highest BCUT2D eigenvalue weighted by molar-refractivity contribution is 5.14. The van der Waals surface area contributed by atoms with E-state index in [-0.39, 0.29) is 0 Å². The van der Waals surface area contributed by atoms with Crippen molar-refractivity contribution in [3.63, 3.8) is 0 Å². The molecule has 0 heterocycles. The van der Waals surface area contributed by atoms with Crippen LogP contribution in [0.1, 0.15) is 5.56 Å². The van der Waals surface area contributed by atoms with Crippen LogP contribution in [0.15, 0.2) is 30.3 Å². The molecule has 0 aliphatic carbocycles. The Morgan fingerprint density at radius 2 is 1.50 bits per heavy atom. The minimum Gasteiger partial charge on any atom is -0.329 e. The zero-order valence-electron chi connectivity index (χ0n) is 8.52. The van der Waals surface area contributed by atoms with E-state index in [1.54, 1.807) is 0 Å². The van der Waals surface area contributed by atoms with Crippen molar-refractivity contribution in [3.8, 4) is 0 Å².